The van der Waals surface area contributed by atoms with E-state index in [9.17, 15) is 18.7 Å². The summed E-state index contributed by atoms with van der Waals surface area (Å²) in [5.74, 6) is -2.27. The maximum atomic E-state index is 14.6. The molecule has 2 aromatic heterocycles. The number of aliphatic hydroxyl groups excluding tert-OH is 1. The van der Waals surface area contributed by atoms with Crippen LogP contribution in [0.15, 0.2) is 36.4 Å². The van der Waals surface area contributed by atoms with Gasteiger partial charge in [-0.25, -0.2) is 13.8 Å². The first kappa shape index (κ1) is 18.9. The van der Waals surface area contributed by atoms with Gasteiger partial charge < -0.3 is 16.2 Å². The number of hydrogen-bond donors (Lipinski definition) is 3. The first-order valence-corrected chi connectivity index (χ1v) is 8.86. The zero-order valence-corrected chi connectivity index (χ0v) is 15.1. The molecule has 0 saturated carbocycles. The van der Waals surface area contributed by atoms with Crippen molar-refractivity contribution in [3.05, 3.63) is 65.4 Å². The van der Waals surface area contributed by atoms with E-state index in [0.29, 0.717) is 16.4 Å². The predicted molar refractivity (Wildman–Crippen MR) is 100 cm³/mol. The van der Waals surface area contributed by atoms with Crippen LogP contribution < -0.4 is 11.1 Å². The molecule has 0 spiro atoms. The highest BCUT2D eigenvalue weighted by Crippen LogP contribution is 2.39. The molecule has 0 fully saturated rings. The van der Waals surface area contributed by atoms with Crippen LogP contribution in [0.2, 0.25) is 0 Å². The van der Waals surface area contributed by atoms with Gasteiger partial charge in [-0.2, -0.15) is 0 Å². The van der Waals surface area contributed by atoms with Gasteiger partial charge in [-0.05, 0) is 35.9 Å². The van der Waals surface area contributed by atoms with E-state index in [2.05, 4.69) is 16.5 Å². The van der Waals surface area contributed by atoms with Gasteiger partial charge in [-0.3, -0.25) is 4.79 Å². The maximum Gasteiger partial charge on any atom is 0.251 e. The van der Waals surface area contributed by atoms with Crippen molar-refractivity contribution in [1.82, 2.24) is 4.98 Å². The lowest BCUT2D eigenvalue weighted by Crippen LogP contribution is -2.11. The van der Waals surface area contributed by atoms with Gasteiger partial charge in [-0.15, -0.1) is 11.3 Å². The van der Waals surface area contributed by atoms with Gasteiger partial charge in [0.15, 0.2) is 0 Å². The third-order valence-electron chi connectivity index (χ3n) is 4.00. The Morgan fingerprint density at radius 2 is 2.07 bits per heavy atom. The molecule has 5 nitrogen and oxygen atoms in total. The minimum atomic E-state index is -0.778. The molecule has 0 saturated heterocycles. The molecule has 1 radical (unpaired) electrons. The molecule has 1 aromatic carbocycles. The van der Waals surface area contributed by atoms with Crippen LogP contribution in [0, 0.1) is 17.8 Å². The van der Waals surface area contributed by atoms with E-state index in [-0.39, 0.29) is 22.6 Å². The summed E-state index contributed by atoms with van der Waals surface area (Å²) >= 11 is 0.989. The summed E-state index contributed by atoms with van der Waals surface area (Å²) in [5.41, 5.74) is 5.61. The van der Waals surface area contributed by atoms with E-state index in [4.69, 9.17) is 5.73 Å². The van der Waals surface area contributed by atoms with Crippen LogP contribution in [0.3, 0.4) is 0 Å². The number of primary amides is 1. The number of pyridine rings is 1. The number of carbonyl (C=O) groups excluding carboxylic acids is 1. The molecule has 1 atom stereocenters. The lowest BCUT2D eigenvalue weighted by atomic mass is 9.99. The summed E-state index contributed by atoms with van der Waals surface area (Å²) in [6.45, 7) is 1.44. The molecule has 0 aliphatic heterocycles. The molecule has 0 aliphatic carbocycles. The quantitative estimate of drug-likeness (QED) is 0.599. The number of rotatable bonds is 6. The van der Waals surface area contributed by atoms with Crippen LogP contribution in [0.1, 0.15) is 28.8 Å². The van der Waals surface area contributed by atoms with Crippen LogP contribution in [-0.2, 0) is 0 Å². The lowest BCUT2D eigenvalue weighted by Gasteiger charge is -2.11. The molecule has 2 heterocycles. The molecular formula is C19H16F2N3O2S. The Morgan fingerprint density at radius 1 is 1.37 bits per heavy atom. The number of halogens is 2. The van der Waals surface area contributed by atoms with Crippen LogP contribution >= 0.6 is 11.3 Å². The largest absolute Gasteiger partial charge is 0.396 e. The summed E-state index contributed by atoms with van der Waals surface area (Å²) in [4.78, 5) is 15.9. The number of anilines is 2. The molecule has 1 unspecified atom stereocenters. The topological polar surface area (TPSA) is 88.2 Å². The average Bonchev–Trinajstić information content (AvgIpc) is 3.04. The zero-order valence-electron chi connectivity index (χ0n) is 14.3. The number of carbonyl (C=O) groups is 1. The number of nitrogens with two attached hydrogens (primary N) is 1. The van der Waals surface area contributed by atoms with E-state index >= 15 is 0 Å². The fourth-order valence-corrected chi connectivity index (χ4v) is 3.64. The number of benzene rings is 1. The predicted octanol–water partition coefficient (Wildman–Crippen LogP) is 3.83. The summed E-state index contributed by atoms with van der Waals surface area (Å²) in [6.07, 6.45) is 2.64. The maximum absolute atomic E-state index is 14.6. The number of aliphatic hydroxyl groups is 1. The molecule has 27 heavy (non-hydrogen) atoms. The number of aromatic nitrogens is 1. The number of thiophene rings is 1. The van der Waals surface area contributed by atoms with Crippen molar-refractivity contribution in [2.75, 3.05) is 11.9 Å². The second-order valence-corrected chi connectivity index (χ2v) is 6.99. The van der Waals surface area contributed by atoms with E-state index in [1.165, 1.54) is 18.2 Å². The average molecular weight is 388 g/mol. The van der Waals surface area contributed by atoms with Crippen molar-refractivity contribution in [2.45, 2.75) is 12.8 Å². The van der Waals surface area contributed by atoms with Crippen molar-refractivity contribution in [2.24, 2.45) is 5.73 Å². The Hall–Kier alpha value is -2.84. The highest BCUT2D eigenvalue weighted by Gasteiger charge is 2.21. The standard InChI is InChI=1S/C19H16F2N3O2S/c1-10(9-25)11-6-13(20)17(14(21)7-11)15-8-12(18(22)26)19(27-15)24-16-4-2-3-5-23-16/h2-4,6-8,10,25H,9H2,1H3,(H2,22,26)(H,23,24). The highest BCUT2D eigenvalue weighted by atomic mass is 32.1. The van der Waals surface area contributed by atoms with E-state index in [1.807, 2.05) is 0 Å². The van der Waals surface area contributed by atoms with Crippen molar-refractivity contribution in [1.29, 1.82) is 0 Å². The van der Waals surface area contributed by atoms with Gasteiger partial charge in [0.25, 0.3) is 5.91 Å². The van der Waals surface area contributed by atoms with E-state index < -0.39 is 23.5 Å². The van der Waals surface area contributed by atoms with Gasteiger partial charge in [-0.1, -0.05) is 13.0 Å². The molecule has 0 aliphatic rings. The Labute approximate surface area is 158 Å². The molecular weight excluding hydrogens is 372 g/mol. The second-order valence-electron chi connectivity index (χ2n) is 5.94. The van der Waals surface area contributed by atoms with Crippen molar-refractivity contribution >= 4 is 28.1 Å². The van der Waals surface area contributed by atoms with Crippen LogP contribution in [0.4, 0.5) is 19.6 Å². The molecule has 1 amide bonds. The van der Waals surface area contributed by atoms with Crippen LogP contribution in [-0.4, -0.2) is 22.6 Å². The number of hydrogen-bond acceptors (Lipinski definition) is 5. The second kappa shape index (κ2) is 7.81. The SMILES string of the molecule is CC(CO)c1cc(F)c(-c2cc(C(N)=O)c(Nc3ccc[c]n3)s2)c(F)c1. The van der Waals surface area contributed by atoms with Crippen LogP contribution in [0.25, 0.3) is 10.4 Å². The summed E-state index contributed by atoms with van der Waals surface area (Å²) in [7, 11) is 0. The summed E-state index contributed by atoms with van der Waals surface area (Å²) in [6, 6.07) is 8.69. The van der Waals surface area contributed by atoms with Gasteiger partial charge >= 0.3 is 0 Å². The molecule has 139 valence electrons. The molecule has 3 aromatic rings. The molecule has 4 N–H and O–H groups in total. The summed E-state index contributed by atoms with van der Waals surface area (Å²) < 4.78 is 29.2. The Kier molecular flexibility index (Phi) is 5.48. The Morgan fingerprint density at radius 3 is 2.63 bits per heavy atom. The minimum Gasteiger partial charge on any atom is -0.396 e. The monoisotopic (exact) mass is 388 g/mol. The van der Waals surface area contributed by atoms with Crippen molar-refractivity contribution < 1.29 is 18.7 Å². The number of nitrogens with one attached hydrogen (secondary N) is 1. The minimum absolute atomic E-state index is 0.104. The number of nitrogens with zero attached hydrogens (tertiary/aromatic N) is 1. The molecule has 8 heteroatoms. The Bertz CT molecular complexity index is 953. The first-order valence-electron chi connectivity index (χ1n) is 8.04. The fourth-order valence-electron chi connectivity index (χ4n) is 2.52. The first-order chi connectivity index (χ1) is 12.9. The normalized spacial score (nSPS) is 12.0. The van der Waals surface area contributed by atoms with E-state index in [1.54, 1.807) is 25.1 Å². The smallest absolute Gasteiger partial charge is 0.251 e. The molecule has 3 rings (SSSR count). The highest BCUT2D eigenvalue weighted by molar-refractivity contribution is 7.20. The van der Waals surface area contributed by atoms with Gasteiger partial charge in [0.2, 0.25) is 0 Å². The molecule has 0 bridgehead atoms. The summed E-state index contributed by atoms with van der Waals surface area (Å²) in [5, 5.41) is 12.4. The third-order valence-corrected chi connectivity index (χ3v) is 5.07. The fraction of sp³-hybridized carbons (Fsp3) is 0.158. The third kappa shape index (κ3) is 3.96. The Balaban J connectivity index is 2.05. The number of amides is 1. The lowest BCUT2D eigenvalue weighted by molar-refractivity contribution is 0.100. The van der Waals surface area contributed by atoms with Gasteiger partial charge in [0.1, 0.15) is 22.5 Å². The van der Waals surface area contributed by atoms with E-state index in [0.717, 1.165) is 11.3 Å². The van der Waals surface area contributed by atoms with Crippen molar-refractivity contribution in [3.63, 3.8) is 0 Å². The van der Waals surface area contributed by atoms with Gasteiger partial charge in [0, 0.05) is 17.4 Å². The van der Waals surface area contributed by atoms with Crippen LogP contribution in [0.5, 0.6) is 0 Å². The van der Waals surface area contributed by atoms with Gasteiger partial charge in [0.05, 0.1) is 17.3 Å². The van der Waals surface area contributed by atoms with Crippen molar-refractivity contribution in [3.8, 4) is 10.4 Å². The zero-order chi connectivity index (χ0) is 19.6.